The second-order valence-corrected chi connectivity index (χ2v) is 6.10. The molecule has 0 saturated heterocycles. The summed E-state index contributed by atoms with van der Waals surface area (Å²) < 4.78 is 1.74. The van der Waals surface area contributed by atoms with Crippen LogP contribution in [0.4, 0.5) is 0 Å². The van der Waals surface area contributed by atoms with E-state index < -0.39 is 0 Å². The fraction of sp³-hybridized carbons (Fsp3) is 0.111. The van der Waals surface area contributed by atoms with Crippen LogP contribution in [0.25, 0.3) is 0 Å². The van der Waals surface area contributed by atoms with E-state index in [1.807, 2.05) is 42.6 Å². The van der Waals surface area contributed by atoms with Crippen LogP contribution in [-0.4, -0.2) is 21.1 Å². The first-order chi connectivity index (χ1) is 11.6. The van der Waals surface area contributed by atoms with Crippen LogP contribution in [0.3, 0.4) is 0 Å². The average molecular weight is 339 g/mol. The second kappa shape index (κ2) is 7.14. The van der Waals surface area contributed by atoms with Gasteiger partial charge in [-0.15, -0.1) is 11.3 Å². The van der Waals surface area contributed by atoms with Crippen molar-refractivity contribution in [1.82, 2.24) is 4.68 Å². The third-order valence-electron chi connectivity index (χ3n) is 3.42. The molecule has 24 heavy (non-hydrogen) atoms. The maximum Gasteiger partial charge on any atom is 0.206 e. The molecule has 0 aliphatic heterocycles. The first-order valence-electron chi connectivity index (χ1n) is 7.41. The molecule has 0 fully saturated rings. The molecule has 0 aliphatic rings. The standard InChI is InChI=1S/C18H17N3O2S/c1-13-12-24-18(19-10-14-5-3-2-4-6-14)21(13)20-11-15-7-8-16(22)9-17(15)23/h2-9,11-12,22-23H,10H2,1H3. The number of aromatic nitrogens is 1. The van der Waals surface area contributed by atoms with Crippen LogP contribution < -0.4 is 4.80 Å². The Bertz CT molecular complexity index is 927. The molecule has 2 N–H and O–H groups in total. The largest absolute Gasteiger partial charge is 0.508 e. The van der Waals surface area contributed by atoms with Gasteiger partial charge in [0.1, 0.15) is 11.5 Å². The SMILES string of the molecule is Cc1csc(=NCc2ccccc2)n1N=Cc1ccc(O)cc1O. The molecule has 0 amide bonds. The minimum absolute atomic E-state index is 0.0163. The number of aromatic hydroxyl groups is 2. The maximum absolute atomic E-state index is 9.83. The fourth-order valence-corrected chi connectivity index (χ4v) is 2.94. The number of thiazole rings is 1. The van der Waals surface area contributed by atoms with E-state index in [0.29, 0.717) is 12.1 Å². The van der Waals surface area contributed by atoms with E-state index in [4.69, 9.17) is 0 Å². The Morgan fingerprint density at radius 3 is 2.67 bits per heavy atom. The second-order valence-electron chi connectivity index (χ2n) is 5.26. The normalized spacial score (nSPS) is 12.1. The molecule has 1 aromatic heterocycles. The van der Waals surface area contributed by atoms with Gasteiger partial charge in [0.25, 0.3) is 0 Å². The lowest BCUT2D eigenvalue weighted by Crippen LogP contribution is -2.12. The van der Waals surface area contributed by atoms with Crippen molar-refractivity contribution in [3.05, 3.63) is 75.5 Å². The average Bonchev–Trinajstić information content (AvgIpc) is 2.93. The summed E-state index contributed by atoms with van der Waals surface area (Å²) in [4.78, 5) is 5.39. The first kappa shape index (κ1) is 16.0. The highest BCUT2D eigenvalue weighted by Crippen LogP contribution is 2.20. The van der Waals surface area contributed by atoms with Crippen LogP contribution in [-0.2, 0) is 6.54 Å². The summed E-state index contributed by atoms with van der Waals surface area (Å²) in [5.74, 6) is -0.00225. The van der Waals surface area contributed by atoms with Crippen LogP contribution in [0.2, 0.25) is 0 Å². The molecule has 0 aliphatic carbocycles. The van der Waals surface area contributed by atoms with Crippen LogP contribution >= 0.6 is 11.3 Å². The van der Waals surface area contributed by atoms with E-state index in [1.54, 1.807) is 17.0 Å². The Morgan fingerprint density at radius 1 is 1.12 bits per heavy atom. The molecule has 0 bridgehead atoms. The summed E-state index contributed by atoms with van der Waals surface area (Å²) in [5.41, 5.74) is 2.62. The molecular formula is C18H17N3O2S. The van der Waals surface area contributed by atoms with Gasteiger partial charge < -0.3 is 10.2 Å². The van der Waals surface area contributed by atoms with E-state index in [0.717, 1.165) is 16.1 Å². The zero-order chi connectivity index (χ0) is 16.9. The van der Waals surface area contributed by atoms with Gasteiger partial charge in [0, 0.05) is 17.0 Å². The number of benzene rings is 2. The van der Waals surface area contributed by atoms with Gasteiger partial charge in [0.05, 0.1) is 18.5 Å². The predicted octanol–water partition coefficient (Wildman–Crippen LogP) is 3.25. The van der Waals surface area contributed by atoms with Gasteiger partial charge in [-0.25, -0.2) is 4.68 Å². The number of aryl methyl sites for hydroxylation is 1. The monoisotopic (exact) mass is 339 g/mol. The first-order valence-corrected chi connectivity index (χ1v) is 8.29. The molecule has 122 valence electrons. The minimum atomic E-state index is -0.0185. The summed E-state index contributed by atoms with van der Waals surface area (Å²) in [6.07, 6.45) is 1.55. The van der Waals surface area contributed by atoms with Crippen molar-refractivity contribution >= 4 is 17.6 Å². The molecular weight excluding hydrogens is 322 g/mol. The summed E-state index contributed by atoms with van der Waals surface area (Å²) >= 11 is 1.52. The molecule has 2 aromatic carbocycles. The van der Waals surface area contributed by atoms with Crippen LogP contribution in [0.5, 0.6) is 11.5 Å². The summed E-state index contributed by atoms with van der Waals surface area (Å²) in [6.45, 7) is 2.53. The van der Waals surface area contributed by atoms with Crippen molar-refractivity contribution < 1.29 is 10.2 Å². The third-order valence-corrected chi connectivity index (χ3v) is 4.39. The van der Waals surface area contributed by atoms with Crippen LogP contribution in [0.15, 0.2) is 64.0 Å². The number of hydrogen-bond acceptors (Lipinski definition) is 5. The van der Waals surface area contributed by atoms with Crippen molar-refractivity contribution in [2.45, 2.75) is 13.5 Å². The summed E-state index contributed by atoms with van der Waals surface area (Å²) in [6, 6.07) is 14.4. The van der Waals surface area contributed by atoms with Crippen molar-refractivity contribution in [2.75, 3.05) is 0 Å². The molecule has 0 spiro atoms. The highest BCUT2D eigenvalue weighted by atomic mass is 32.1. The van der Waals surface area contributed by atoms with Gasteiger partial charge >= 0.3 is 0 Å². The highest BCUT2D eigenvalue weighted by molar-refractivity contribution is 7.07. The Balaban J connectivity index is 1.88. The van der Waals surface area contributed by atoms with E-state index in [2.05, 4.69) is 10.1 Å². The van der Waals surface area contributed by atoms with Gasteiger partial charge in [-0.3, -0.25) is 4.99 Å². The number of nitrogens with zero attached hydrogens (tertiary/aromatic N) is 3. The summed E-state index contributed by atoms with van der Waals surface area (Å²) in [7, 11) is 0. The lowest BCUT2D eigenvalue weighted by Gasteiger charge is -2.01. The Kier molecular flexibility index (Phi) is 4.77. The van der Waals surface area contributed by atoms with Crippen molar-refractivity contribution in [1.29, 1.82) is 0 Å². The van der Waals surface area contributed by atoms with Gasteiger partial charge in [-0.2, -0.15) is 5.10 Å². The zero-order valence-electron chi connectivity index (χ0n) is 13.1. The molecule has 3 rings (SSSR count). The van der Waals surface area contributed by atoms with Gasteiger partial charge in [-0.1, -0.05) is 30.3 Å². The zero-order valence-corrected chi connectivity index (χ0v) is 13.9. The Labute approximate surface area is 143 Å². The predicted molar refractivity (Wildman–Crippen MR) is 95.5 cm³/mol. The highest BCUT2D eigenvalue weighted by Gasteiger charge is 2.02. The molecule has 0 saturated carbocycles. The Hall–Kier alpha value is -2.86. The van der Waals surface area contributed by atoms with Gasteiger partial charge in [-0.05, 0) is 24.6 Å². The number of phenolic OH excluding ortho intramolecular Hbond substituents is 2. The van der Waals surface area contributed by atoms with Crippen molar-refractivity contribution in [3.8, 4) is 11.5 Å². The number of hydrogen-bond donors (Lipinski definition) is 2. The van der Waals surface area contributed by atoms with E-state index in [9.17, 15) is 10.2 Å². The smallest absolute Gasteiger partial charge is 0.206 e. The van der Waals surface area contributed by atoms with E-state index >= 15 is 0 Å². The van der Waals surface area contributed by atoms with Crippen LogP contribution in [0.1, 0.15) is 16.8 Å². The lowest BCUT2D eigenvalue weighted by atomic mass is 10.2. The third kappa shape index (κ3) is 3.72. The van der Waals surface area contributed by atoms with Gasteiger partial charge in [0.2, 0.25) is 4.80 Å². The summed E-state index contributed by atoms with van der Waals surface area (Å²) in [5, 5.41) is 25.6. The van der Waals surface area contributed by atoms with E-state index in [1.165, 1.54) is 23.5 Å². The number of phenols is 2. The van der Waals surface area contributed by atoms with E-state index in [-0.39, 0.29) is 11.5 Å². The number of rotatable bonds is 4. The lowest BCUT2D eigenvalue weighted by molar-refractivity contribution is 0.450. The molecule has 6 heteroatoms. The molecule has 5 nitrogen and oxygen atoms in total. The molecule has 0 atom stereocenters. The fourth-order valence-electron chi connectivity index (χ4n) is 2.14. The maximum atomic E-state index is 9.83. The van der Waals surface area contributed by atoms with Crippen molar-refractivity contribution in [3.63, 3.8) is 0 Å². The minimum Gasteiger partial charge on any atom is -0.508 e. The Morgan fingerprint density at radius 2 is 1.92 bits per heavy atom. The molecule has 3 aromatic rings. The van der Waals surface area contributed by atoms with Crippen LogP contribution in [0, 0.1) is 6.92 Å². The topological polar surface area (TPSA) is 70.1 Å². The molecule has 0 unspecified atom stereocenters. The molecule has 0 radical (unpaired) electrons. The molecule has 1 heterocycles. The quantitative estimate of drug-likeness (QED) is 0.716. The van der Waals surface area contributed by atoms with Crippen molar-refractivity contribution in [2.24, 2.45) is 10.1 Å². The van der Waals surface area contributed by atoms with Gasteiger partial charge in [0.15, 0.2) is 0 Å².